The molecule has 1 saturated heterocycles. The van der Waals surface area contributed by atoms with Gasteiger partial charge in [0.1, 0.15) is 0 Å². The predicted octanol–water partition coefficient (Wildman–Crippen LogP) is 1.18. The van der Waals surface area contributed by atoms with Gasteiger partial charge in [0.05, 0.1) is 17.6 Å². The summed E-state index contributed by atoms with van der Waals surface area (Å²) in [5.74, 6) is -0.227. The molecule has 0 aromatic heterocycles. The maximum absolute atomic E-state index is 12.3. The summed E-state index contributed by atoms with van der Waals surface area (Å²) in [5.41, 5.74) is -1.43. The van der Waals surface area contributed by atoms with Crippen molar-refractivity contribution in [3.63, 3.8) is 0 Å². The van der Waals surface area contributed by atoms with Crippen LogP contribution in [0.15, 0.2) is 0 Å². The summed E-state index contributed by atoms with van der Waals surface area (Å²) in [5, 5.41) is 9.25. The highest BCUT2D eigenvalue weighted by Gasteiger charge is 2.53. The molecule has 1 heterocycles. The molecule has 16 heavy (non-hydrogen) atoms. The van der Waals surface area contributed by atoms with Gasteiger partial charge in [0.25, 0.3) is 0 Å². The molecule has 4 heteroatoms. The van der Waals surface area contributed by atoms with Crippen LogP contribution in [-0.4, -0.2) is 34.0 Å². The third-order valence-corrected chi connectivity index (χ3v) is 3.73. The summed E-state index contributed by atoms with van der Waals surface area (Å²) in [7, 11) is 0. The first-order chi connectivity index (χ1) is 7.16. The van der Waals surface area contributed by atoms with Crippen LogP contribution in [0.3, 0.4) is 0 Å². The van der Waals surface area contributed by atoms with Gasteiger partial charge in [-0.2, -0.15) is 0 Å². The molecule has 92 valence electrons. The van der Waals surface area contributed by atoms with Gasteiger partial charge < -0.3 is 5.11 Å². The van der Waals surface area contributed by atoms with E-state index in [-0.39, 0.29) is 30.8 Å². The molecule has 1 unspecified atom stereocenters. The first-order valence-electron chi connectivity index (χ1n) is 5.65. The number of aliphatic hydroxyl groups excluding tert-OH is 1. The fourth-order valence-corrected chi connectivity index (χ4v) is 1.97. The lowest BCUT2D eigenvalue weighted by Crippen LogP contribution is -2.51. The zero-order chi connectivity index (χ0) is 12.7. The average molecular weight is 227 g/mol. The number of rotatable bonds is 3. The van der Waals surface area contributed by atoms with Crippen LogP contribution in [0.4, 0.5) is 0 Å². The van der Waals surface area contributed by atoms with Crippen LogP contribution < -0.4 is 0 Å². The Morgan fingerprint density at radius 3 is 2.25 bits per heavy atom. The van der Waals surface area contributed by atoms with Crippen molar-refractivity contribution in [2.75, 3.05) is 6.61 Å². The average Bonchev–Trinajstić information content (AvgIpc) is 2.39. The highest BCUT2D eigenvalue weighted by atomic mass is 16.3. The number of carbonyl (C=O) groups is 2. The maximum atomic E-state index is 12.3. The summed E-state index contributed by atoms with van der Waals surface area (Å²) >= 11 is 0. The number of nitrogens with zero attached hydrogens (tertiary/aromatic N) is 1. The maximum Gasteiger partial charge on any atom is 0.236 e. The molecule has 4 nitrogen and oxygen atoms in total. The van der Waals surface area contributed by atoms with Crippen molar-refractivity contribution in [2.24, 2.45) is 11.3 Å². The van der Waals surface area contributed by atoms with Crippen molar-refractivity contribution in [3.05, 3.63) is 0 Å². The van der Waals surface area contributed by atoms with Crippen LogP contribution in [-0.2, 0) is 9.59 Å². The van der Waals surface area contributed by atoms with Crippen LogP contribution >= 0.6 is 0 Å². The van der Waals surface area contributed by atoms with Gasteiger partial charge in [-0.15, -0.1) is 0 Å². The highest BCUT2D eigenvalue weighted by molar-refractivity contribution is 6.06. The van der Waals surface area contributed by atoms with E-state index >= 15 is 0 Å². The van der Waals surface area contributed by atoms with Gasteiger partial charge >= 0.3 is 0 Å². The van der Waals surface area contributed by atoms with E-state index in [4.69, 9.17) is 0 Å². The van der Waals surface area contributed by atoms with E-state index in [9.17, 15) is 14.7 Å². The van der Waals surface area contributed by atoms with Gasteiger partial charge in [-0.1, -0.05) is 13.8 Å². The molecule has 0 bridgehead atoms. The van der Waals surface area contributed by atoms with Crippen molar-refractivity contribution in [3.8, 4) is 0 Å². The Morgan fingerprint density at radius 2 is 1.94 bits per heavy atom. The summed E-state index contributed by atoms with van der Waals surface area (Å²) in [6.45, 7) is 8.91. The largest absolute Gasteiger partial charge is 0.394 e. The molecule has 0 aliphatic carbocycles. The molecule has 0 aromatic carbocycles. The first-order valence-corrected chi connectivity index (χ1v) is 5.65. The smallest absolute Gasteiger partial charge is 0.236 e. The summed E-state index contributed by atoms with van der Waals surface area (Å²) in [6, 6.07) is 0. The Hall–Kier alpha value is -0.900. The monoisotopic (exact) mass is 227 g/mol. The number of hydrogen-bond donors (Lipinski definition) is 1. The van der Waals surface area contributed by atoms with Crippen LogP contribution in [0.2, 0.25) is 0 Å². The molecule has 1 atom stereocenters. The van der Waals surface area contributed by atoms with Crippen LogP contribution in [0.25, 0.3) is 0 Å². The van der Waals surface area contributed by atoms with Crippen molar-refractivity contribution in [1.82, 2.24) is 4.90 Å². The predicted molar refractivity (Wildman–Crippen MR) is 60.6 cm³/mol. The van der Waals surface area contributed by atoms with Crippen LogP contribution in [0, 0.1) is 11.3 Å². The van der Waals surface area contributed by atoms with Gasteiger partial charge in [-0.3, -0.25) is 14.5 Å². The molecular weight excluding hydrogens is 206 g/mol. The van der Waals surface area contributed by atoms with Crippen LogP contribution in [0.1, 0.15) is 41.0 Å². The normalized spacial score (nSPS) is 27.1. The topological polar surface area (TPSA) is 57.6 Å². The molecule has 1 aliphatic rings. The Balaban J connectivity index is 3.10. The summed E-state index contributed by atoms with van der Waals surface area (Å²) < 4.78 is 0. The third-order valence-electron chi connectivity index (χ3n) is 3.73. The van der Waals surface area contributed by atoms with Crippen LogP contribution in [0.5, 0.6) is 0 Å². The molecule has 0 radical (unpaired) electrons. The molecule has 1 aliphatic heterocycles. The van der Waals surface area contributed by atoms with E-state index in [0.29, 0.717) is 0 Å². The second-order valence-electron chi connectivity index (χ2n) is 5.75. The number of carbonyl (C=O) groups excluding carboxylic acids is 2. The Labute approximate surface area is 96.6 Å². The molecule has 0 aromatic rings. The number of aliphatic hydroxyl groups is 1. The second-order valence-corrected chi connectivity index (χ2v) is 5.75. The minimum absolute atomic E-state index is 0.114. The summed E-state index contributed by atoms with van der Waals surface area (Å²) in [4.78, 5) is 25.4. The zero-order valence-corrected chi connectivity index (χ0v) is 10.7. The molecule has 1 rings (SSSR count). The number of amides is 2. The molecule has 2 amide bonds. The van der Waals surface area contributed by atoms with E-state index in [0.717, 1.165) is 0 Å². The summed E-state index contributed by atoms with van der Waals surface area (Å²) in [6.07, 6.45) is 0.243. The van der Waals surface area contributed by atoms with E-state index in [1.165, 1.54) is 4.90 Å². The molecular formula is C12H21NO3. The number of imide groups is 1. The Kier molecular flexibility index (Phi) is 3.16. The lowest BCUT2D eigenvalue weighted by atomic mass is 9.77. The Bertz CT molecular complexity index is 322. The molecule has 0 saturated carbocycles. The van der Waals surface area contributed by atoms with E-state index in [1.54, 1.807) is 13.8 Å². The second kappa shape index (κ2) is 3.84. The van der Waals surface area contributed by atoms with Crippen molar-refractivity contribution in [1.29, 1.82) is 0 Å². The SMILES string of the molecule is CC(C)C1(C)CC(=O)N(C(C)(C)CO)C1=O. The fourth-order valence-electron chi connectivity index (χ4n) is 1.97. The molecule has 1 fully saturated rings. The quantitative estimate of drug-likeness (QED) is 0.736. The van der Waals surface area contributed by atoms with Gasteiger partial charge in [0.15, 0.2) is 0 Å². The van der Waals surface area contributed by atoms with E-state index in [1.807, 2.05) is 20.8 Å². The lowest BCUT2D eigenvalue weighted by molar-refractivity contribution is -0.149. The zero-order valence-electron chi connectivity index (χ0n) is 10.7. The number of hydrogen-bond acceptors (Lipinski definition) is 3. The van der Waals surface area contributed by atoms with Gasteiger partial charge in [0.2, 0.25) is 11.8 Å². The minimum atomic E-state index is -0.805. The Morgan fingerprint density at radius 1 is 1.44 bits per heavy atom. The van der Waals surface area contributed by atoms with Crippen molar-refractivity contribution >= 4 is 11.8 Å². The van der Waals surface area contributed by atoms with Gasteiger partial charge in [-0.05, 0) is 26.7 Å². The van der Waals surface area contributed by atoms with Crippen molar-refractivity contribution < 1.29 is 14.7 Å². The number of likely N-dealkylation sites (tertiary alicyclic amines) is 1. The van der Waals surface area contributed by atoms with E-state index in [2.05, 4.69) is 0 Å². The van der Waals surface area contributed by atoms with Crippen molar-refractivity contribution in [2.45, 2.75) is 46.6 Å². The highest BCUT2D eigenvalue weighted by Crippen LogP contribution is 2.41. The molecule has 1 N–H and O–H groups in total. The van der Waals surface area contributed by atoms with Gasteiger partial charge in [0, 0.05) is 6.42 Å². The third kappa shape index (κ3) is 1.75. The minimum Gasteiger partial charge on any atom is -0.394 e. The van der Waals surface area contributed by atoms with Gasteiger partial charge in [-0.25, -0.2) is 0 Å². The lowest BCUT2D eigenvalue weighted by Gasteiger charge is -2.34. The standard InChI is InChI=1S/C12H21NO3/c1-8(2)12(5)6-9(15)13(10(12)16)11(3,4)7-14/h8,14H,6-7H2,1-5H3. The first kappa shape index (κ1) is 13.2. The van der Waals surface area contributed by atoms with E-state index < -0.39 is 11.0 Å². The molecule has 0 spiro atoms. The fraction of sp³-hybridized carbons (Fsp3) is 0.833.